The van der Waals surface area contributed by atoms with Crippen LogP contribution in [-0.2, 0) is 0 Å². The van der Waals surface area contributed by atoms with Crippen molar-refractivity contribution in [3.05, 3.63) is 34.4 Å². The quantitative estimate of drug-likeness (QED) is 0.548. The summed E-state index contributed by atoms with van der Waals surface area (Å²) in [5, 5.41) is 24.7. The van der Waals surface area contributed by atoms with Gasteiger partial charge in [-0.05, 0) is 24.0 Å². The number of rotatable bonds is 6. The van der Waals surface area contributed by atoms with Crippen molar-refractivity contribution in [1.29, 1.82) is 0 Å². The predicted molar refractivity (Wildman–Crippen MR) is 75.6 cm³/mol. The Balaban J connectivity index is 2.48. The third-order valence-electron chi connectivity index (χ3n) is 2.85. The van der Waals surface area contributed by atoms with Crippen molar-refractivity contribution in [1.82, 2.24) is 5.32 Å². The minimum atomic E-state index is -0.499. The van der Waals surface area contributed by atoms with Gasteiger partial charge in [-0.3, -0.25) is 10.1 Å². The number of anilines is 1. The first kappa shape index (κ1) is 15.9. The zero-order valence-electron chi connectivity index (χ0n) is 11.5. The summed E-state index contributed by atoms with van der Waals surface area (Å²) in [7, 11) is 0. The fraction of sp³-hybridized carbons (Fsp3) is 0.462. The van der Waals surface area contributed by atoms with Gasteiger partial charge in [-0.15, -0.1) is 0 Å². The number of benzene rings is 1. The van der Waals surface area contributed by atoms with Gasteiger partial charge in [0.25, 0.3) is 5.69 Å². The normalized spacial score (nSPS) is 10.9. The van der Waals surface area contributed by atoms with Gasteiger partial charge >= 0.3 is 6.03 Å². The topological polar surface area (TPSA) is 104 Å². The van der Waals surface area contributed by atoms with Crippen molar-refractivity contribution >= 4 is 17.4 Å². The van der Waals surface area contributed by atoms with Crippen molar-refractivity contribution in [2.45, 2.75) is 20.3 Å². The molecule has 20 heavy (non-hydrogen) atoms. The molecule has 0 aliphatic rings. The average Bonchev–Trinajstić information content (AvgIpc) is 2.37. The summed E-state index contributed by atoms with van der Waals surface area (Å²) in [4.78, 5) is 21.7. The number of aliphatic hydroxyl groups is 1. The van der Waals surface area contributed by atoms with E-state index in [-0.39, 0.29) is 23.7 Å². The molecule has 110 valence electrons. The van der Waals surface area contributed by atoms with Crippen LogP contribution in [0, 0.1) is 15.5 Å². The molecule has 0 radical (unpaired) electrons. The molecule has 0 unspecified atom stereocenters. The first-order valence-corrected chi connectivity index (χ1v) is 6.24. The molecule has 0 bridgehead atoms. The highest BCUT2D eigenvalue weighted by molar-refractivity contribution is 5.89. The number of nitro benzene ring substituents is 1. The average molecular weight is 281 g/mol. The molecule has 0 aliphatic heterocycles. The lowest BCUT2D eigenvalue weighted by atomic mass is 9.90. The molecule has 1 rings (SSSR count). The number of non-ortho nitro benzene ring substituents is 1. The monoisotopic (exact) mass is 281 g/mol. The maximum atomic E-state index is 11.7. The van der Waals surface area contributed by atoms with Crippen LogP contribution in [0.3, 0.4) is 0 Å². The number of hydrogen-bond donors (Lipinski definition) is 3. The highest BCUT2D eigenvalue weighted by Gasteiger charge is 2.18. The summed E-state index contributed by atoms with van der Waals surface area (Å²) >= 11 is 0. The van der Waals surface area contributed by atoms with Gasteiger partial charge < -0.3 is 15.7 Å². The van der Waals surface area contributed by atoms with Crippen LogP contribution >= 0.6 is 0 Å². The third kappa shape index (κ3) is 5.23. The number of nitrogens with zero attached hydrogens (tertiary/aromatic N) is 1. The second-order valence-electron chi connectivity index (χ2n) is 5.25. The van der Waals surface area contributed by atoms with Gasteiger partial charge in [-0.25, -0.2) is 4.79 Å². The summed E-state index contributed by atoms with van der Waals surface area (Å²) in [5.41, 5.74) is 0.259. The van der Waals surface area contributed by atoms with Crippen LogP contribution in [0.2, 0.25) is 0 Å². The second-order valence-corrected chi connectivity index (χ2v) is 5.25. The molecule has 0 heterocycles. The SMILES string of the molecule is CC(C)(CCO)CNC(=O)Nc1ccc([N+](=O)[O-])cc1. The van der Waals surface area contributed by atoms with Crippen molar-refractivity contribution in [3.63, 3.8) is 0 Å². The highest BCUT2D eigenvalue weighted by Crippen LogP contribution is 2.18. The van der Waals surface area contributed by atoms with Crippen LogP contribution in [0.15, 0.2) is 24.3 Å². The van der Waals surface area contributed by atoms with E-state index in [0.717, 1.165) is 0 Å². The molecule has 3 N–H and O–H groups in total. The summed E-state index contributed by atoms with van der Waals surface area (Å²) in [5.74, 6) is 0. The standard InChI is InChI=1S/C13H19N3O4/c1-13(2,7-8-17)9-14-12(18)15-10-3-5-11(6-4-10)16(19)20/h3-6,17H,7-9H2,1-2H3,(H2,14,15,18). The minimum absolute atomic E-state index is 0.0277. The fourth-order valence-electron chi connectivity index (χ4n) is 1.55. The zero-order chi connectivity index (χ0) is 15.2. The van der Waals surface area contributed by atoms with E-state index >= 15 is 0 Å². The van der Waals surface area contributed by atoms with Crippen LogP contribution in [0.25, 0.3) is 0 Å². The van der Waals surface area contributed by atoms with E-state index in [1.807, 2.05) is 13.8 Å². The predicted octanol–water partition coefficient (Wildman–Crippen LogP) is 2.12. The van der Waals surface area contributed by atoms with Gasteiger partial charge in [0.15, 0.2) is 0 Å². The van der Waals surface area contributed by atoms with E-state index in [0.29, 0.717) is 18.7 Å². The Bertz CT molecular complexity index is 471. The van der Waals surface area contributed by atoms with E-state index in [9.17, 15) is 14.9 Å². The molecule has 0 fully saturated rings. The van der Waals surface area contributed by atoms with Crippen LogP contribution in [0.5, 0.6) is 0 Å². The van der Waals surface area contributed by atoms with Gasteiger partial charge in [-0.1, -0.05) is 13.8 Å². The molecule has 0 saturated carbocycles. The largest absolute Gasteiger partial charge is 0.396 e. The molecule has 2 amide bonds. The van der Waals surface area contributed by atoms with E-state index < -0.39 is 4.92 Å². The Morgan fingerprint density at radius 3 is 2.45 bits per heavy atom. The third-order valence-corrected chi connectivity index (χ3v) is 2.85. The Morgan fingerprint density at radius 2 is 1.95 bits per heavy atom. The first-order valence-electron chi connectivity index (χ1n) is 6.24. The Morgan fingerprint density at radius 1 is 1.35 bits per heavy atom. The van der Waals surface area contributed by atoms with Crippen molar-refractivity contribution < 1.29 is 14.8 Å². The first-order chi connectivity index (χ1) is 9.34. The molecule has 0 aliphatic carbocycles. The number of urea groups is 1. The van der Waals surface area contributed by atoms with Gasteiger partial charge in [0, 0.05) is 31.0 Å². The second kappa shape index (κ2) is 6.85. The van der Waals surface area contributed by atoms with Crippen molar-refractivity contribution in [3.8, 4) is 0 Å². The molecule has 0 saturated heterocycles. The highest BCUT2D eigenvalue weighted by atomic mass is 16.6. The number of nitro groups is 1. The van der Waals surface area contributed by atoms with Gasteiger partial charge in [0.1, 0.15) is 0 Å². The van der Waals surface area contributed by atoms with Gasteiger partial charge in [-0.2, -0.15) is 0 Å². The lowest BCUT2D eigenvalue weighted by Crippen LogP contribution is -2.37. The molecular weight excluding hydrogens is 262 g/mol. The summed E-state index contributed by atoms with van der Waals surface area (Å²) < 4.78 is 0. The lowest BCUT2D eigenvalue weighted by Gasteiger charge is -2.23. The van der Waals surface area contributed by atoms with Gasteiger partial charge in [0.2, 0.25) is 0 Å². The molecule has 0 spiro atoms. The molecule has 7 heteroatoms. The van der Waals surface area contributed by atoms with Crippen LogP contribution in [-0.4, -0.2) is 29.2 Å². The van der Waals surface area contributed by atoms with Crippen molar-refractivity contribution in [2.24, 2.45) is 5.41 Å². The van der Waals surface area contributed by atoms with Crippen LogP contribution < -0.4 is 10.6 Å². The Hall–Kier alpha value is -2.15. The van der Waals surface area contributed by atoms with Crippen LogP contribution in [0.4, 0.5) is 16.2 Å². The summed E-state index contributed by atoms with van der Waals surface area (Å²) in [6, 6.07) is 5.20. The number of carbonyl (C=O) groups excluding carboxylic acids is 1. The number of carbonyl (C=O) groups is 1. The Labute approximate surface area is 117 Å². The smallest absolute Gasteiger partial charge is 0.319 e. The van der Waals surface area contributed by atoms with Crippen molar-refractivity contribution in [2.75, 3.05) is 18.5 Å². The summed E-state index contributed by atoms with van der Waals surface area (Å²) in [6.45, 7) is 4.37. The molecule has 7 nitrogen and oxygen atoms in total. The lowest BCUT2D eigenvalue weighted by molar-refractivity contribution is -0.384. The molecular formula is C13H19N3O4. The number of amides is 2. The maximum Gasteiger partial charge on any atom is 0.319 e. The molecule has 0 aromatic heterocycles. The van der Waals surface area contributed by atoms with Crippen LogP contribution in [0.1, 0.15) is 20.3 Å². The maximum absolute atomic E-state index is 11.7. The summed E-state index contributed by atoms with van der Waals surface area (Å²) in [6.07, 6.45) is 0.588. The zero-order valence-corrected chi connectivity index (χ0v) is 11.5. The fourth-order valence-corrected chi connectivity index (χ4v) is 1.55. The number of aliphatic hydroxyl groups excluding tert-OH is 1. The van der Waals surface area contributed by atoms with E-state index in [1.54, 1.807) is 0 Å². The molecule has 1 aromatic rings. The Kier molecular flexibility index (Phi) is 5.45. The van der Waals surface area contributed by atoms with E-state index in [2.05, 4.69) is 10.6 Å². The van der Waals surface area contributed by atoms with E-state index in [4.69, 9.17) is 5.11 Å². The van der Waals surface area contributed by atoms with E-state index in [1.165, 1.54) is 24.3 Å². The number of nitrogens with one attached hydrogen (secondary N) is 2. The minimum Gasteiger partial charge on any atom is -0.396 e. The van der Waals surface area contributed by atoms with Gasteiger partial charge in [0.05, 0.1) is 4.92 Å². The molecule has 1 aromatic carbocycles. The molecule has 0 atom stereocenters. The number of hydrogen-bond acceptors (Lipinski definition) is 4.